The lowest BCUT2D eigenvalue weighted by atomic mass is 10.2. The highest BCUT2D eigenvalue weighted by Crippen LogP contribution is 2.21. The van der Waals surface area contributed by atoms with Crippen LogP contribution in [0.1, 0.15) is 18.9 Å². The van der Waals surface area contributed by atoms with Crippen LogP contribution in [0, 0.1) is 5.82 Å². The fourth-order valence-corrected chi connectivity index (χ4v) is 1.88. The Kier molecular flexibility index (Phi) is 6.31. The molecule has 0 aliphatic carbocycles. The zero-order valence-electron chi connectivity index (χ0n) is 13.3. The highest BCUT2D eigenvalue weighted by molar-refractivity contribution is 5.84. The standard InChI is InChI=1S/C18H19FN2O3/c1-2-17(22)21-12-18(23)20-11-13-3-7-15(8-4-13)24-16-9-5-14(19)6-10-16/h3-10H,2,11-12H2,1H3,(H,20,23)(H,21,22). The van der Waals surface area contributed by atoms with Gasteiger partial charge in [0.1, 0.15) is 17.3 Å². The van der Waals surface area contributed by atoms with E-state index in [0.717, 1.165) is 5.56 Å². The fourth-order valence-electron chi connectivity index (χ4n) is 1.88. The normalized spacial score (nSPS) is 10.1. The van der Waals surface area contributed by atoms with E-state index in [1.807, 2.05) is 12.1 Å². The van der Waals surface area contributed by atoms with Gasteiger partial charge in [0.05, 0.1) is 6.54 Å². The van der Waals surface area contributed by atoms with Crippen LogP contribution >= 0.6 is 0 Å². The summed E-state index contributed by atoms with van der Waals surface area (Å²) in [5, 5.41) is 5.23. The van der Waals surface area contributed by atoms with E-state index in [1.165, 1.54) is 12.1 Å². The van der Waals surface area contributed by atoms with Crippen LogP contribution in [0.5, 0.6) is 11.5 Å². The molecule has 0 radical (unpaired) electrons. The van der Waals surface area contributed by atoms with Gasteiger partial charge in [0.15, 0.2) is 0 Å². The van der Waals surface area contributed by atoms with Crippen molar-refractivity contribution in [2.75, 3.05) is 6.54 Å². The quantitative estimate of drug-likeness (QED) is 0.820. The second kappa shape index (κ2) is 8.67. The van der Waals surface area contributed by atoms with Crippen molar-refractivity contribution in [3.05, 3.63) is 59.9 Å². The molecule has 0 saturated heterocycles. The summed E-state index contributed by atoms with van der Waals surface area (Å²) in [5.41, 5.74) is 0.900. The van der Waals surface area contributed by atoms with Crippen molar-refractivity contribution >= 4 is 11.8 Å². The molecule has 0 aliphatic rings. The SMILES string of the molecule is CCC(=O)NCC(=O)NCc1ccc(Oc2ccc(F)cc2)cc1. The molecule has 5 nitrogen and oxygen atoms in total. The van der Waals surface area contributed by atoms with Crippen molar-refractivity contribution in [2.24, 2.45) is 0 Å². The summed E-state index contributed by atoms with van der Waals surface area (Å²) in [5.74, 6) is 0.440. The molecule has 0 heterocycles. The van der Waals surface area contributed by atoms with Crippen LogP contribution < -0.4 is 15.4 Å². The topological polar surface area (TPSA) is 67.4 Å². The van der Waals surface area contributed by atoms with Crippen molar-refractivity contribution in [1.82, 2.24) is 10.6 Å². The van der Waals surface area contributed by atoms with E-state index >= 15 is 0 Å². The van der Waals surface area contributed by atoms with Crippen molar-refractivity contribution in [3.8, 4) is 11.5 Å². The van der Waals surface area contributed by atoms with E-state index < -0.39 is 0 Å². The summed E-state index contributed by atoms with van der Waals surface area (Å²) < 4.78 is 18.4. The Balaban J connectivity index is 1.80. The van der Waals surface area contributed by atoms with Gasteiger partial charge in [0, 0.05) is 13.0 Å². The molecule has 0 bridgehead atoms. The molecule has 2 aromatic rings. The summed E-state index contributed by atoms with van der Waals surface area (Å²) in [6, 6.07) is 12.9. The number of carbonyl (C=O) groups is 2. The van der Waals surface area contributed by atoms with Gasteiger partial charge in [0.25, 0.3) is 0 Å². The van der Waals surface area contributed by atoms with E-state index in [-0.39, 0.29) is 24.2 Å². The average molecular weight is 330 g/mol. The monoisotopic (exact) mass is 330 g/mol. The lowest BCUT2D eigenvalue weighted by Gasteiger charge is -2.08. The Bertz CT molecular complexity index is 684. The van der Waals surface area contributed by atoms with Crippen LogP contribution in [-0.2, 0) is 16.1 Å². The maximum Gasteiger partial charge on any atom is 0.239 e. The van der Waals surface area contributed by atoms with Crippen LogP contribution in [0.15, 0.2) is 48.5 Å². The van der Waals surface area contributed by atoms with Crippen molar-refractivity contribution in [3.63, 3.8) is 0 Å². The first-order valence-electron chi connectivity index (χ1n) is 7.62. The Morgan fingerprint density at radius 3 is 2.08 bits per heavy atom. The summed E-state index contributed by atoms with van der Waals surface area (Å²) in [6.45, 7) is 2.05. The molecular formula is C18H19FN2O3. The number of amides is 2. The molecule has 24 heavy (non-hydrogen) atoms. The maximum absolute atomic E-state index is 12.8. The van der Waals surface area contributed by atoms with Gasteiger partial charge < -0.3 is 15.4 Å². The Morgan fingerprint density at radius 2 is 1.50 bits per heavy atom. The molecule has 0 atom stereocenters. The number of carbonyl (C=O) groups excluding carboxylic acids is 2. The van der Waals surface area contributed by atoms with Gasteiger partial charge in [-0.3, -0.25) is 9.59 Å². The minimum atomic E-state index is -0.316. The molecule has 2 aromatic carbocycles. The third-order valence-electron chi connectivity index (χ3n) is 3.23. The lowest BCUT2D eigenvalue weighted by Crippen LogP contribution is -2.36. The molecule has 2 rings (SSSR count). The third-order valence-corrected chi connectivity index (χ3v) is 3.23. The van der Waals surface area contributed by atoms with E-state index in [9.17, 15) is 14.0 Å². The van der Waals surface area contributed by atoms with Gasteiger partial charge in [-0.05, 0) is 42.0 Å². The number of benzene rings is 2. The first kappa shape index (κ1) is 17.5. The predicted octanol–water partition coefficient (Wildman–Crippen LogP) is 2.76. The van der Waals surface area contributed by atoms with Crippen LogP contribution in [0.4, 0.5) is 4.39 Å². The minimum Gasteiger partial charge on any atom is -0.457 e. The van der Waals surface area contributed by atoms with E-state index in [1.54, 1.807) is 31.2 Å². The van der Waals surface area contributed by atoms with Gasteiger partial charge in [-0.25, -0.2) is 4.39 Å². The van der Waals surface area contributed by atoms with Crippen molar-refractivity contribution < 1.29 is 18.7 Å². The summed E-state index contributed by atoms with van der Waals surface area (Å²) in [7, 11) is 0. The van der Waals surface area contributed by atoms with Crippen molar-refractivity contribution in [1.29, 1.82) is 0 Å². The van der Waals surface area contributed by atoms with Crippen LogP contribution in [-0.4, -0.2) is 18.4 Å². The average Bonchev–Trinajstić information content (AvgIpc) is 2.61. The van der Waals surface area contributed by atoms with Gasteiger partial charge in [-0.2, -0.15) is 0 Å². The molecule has 0 unspecified atom stereocenters. The molecule has 126 valence electrons. The fraction of sp³-hybridized carbons (Fsp3) is 0.222. The first-order chi connectivity index (χ1) is 11.6. The van der Waals surface area contributed by atoms with Gasteiger partial charge in [0.2, 0.25) is 11.8 Å². The number of hydrogen-bond acceptors (Lipinski definition) is 3. The second-order valence-corrected chi connectivity index (χ2v) is 5.11. The molecule has 0 saturated carbocycles. The molecule has 0 aliphatic heterocycles. The molecule has 0 fully saturated rings. The van der Waals surface area contributed by atoms with E-state index in [4.69, 9.17) is 4.74 Å². The third kappa shape index (κ3) is 5.72. The summed E-state index contributed by atoms with van der Waals surface area (Å²) in [6.07, 6.45) is 0.350. The first-order valence-corrected chi connectivity index (χ1v) is 7.62. The van der Waals surface area contributed by atoms with E-state index in [0.29, 0.717) is 24.5 Å². The zero-order chi connectivity index (χ0) is 17.4. The lowest BCUT2D eigenvalue weighted by molar-refractivity contribution is -0.126. The summed E-state index contributed by atoms with van der Waals surface area (Å²) in [4.78, 5) is 22.7. The second-order valence-electron chi connectivity index (χ2n) is 5.11. The van der Waals surface area contributed by atoms with E-state index in [2.05, 4.69) is 10.6 Å². The molecule has 6 heteroatoms. The van der Waals surface area contributed by atoms with Gasteiger partial charge in [-0.1, -0.05) is 19.1 Å². The summed E-state index contributed by atoms with van der Waals surface area (Å²) >= 11 is 0. The van der Waals surface area contributed by atoms with Gasteiger partial charge >= 0.3 is 0 Å². The molecule has 2 amide bonds. The van der Waals surface area contributed by atoms with Crippen LogP contribution in [0.25, 0.3) is 0 Å². The Hall–Kier alpha value is -2.89. The minimum absolute atomic E-state index is 0.0293. The highest BCUT2D eigenvalue weighted by atomic mass is 19.1. The molecule has 0 aromatic heterocycles. The van der Waals surface area contributed by atoms with Crippen LogP contribution in [0.3, 0.4) is 0 Å². The van der Waals surface area contributed by atoms with Gasteiger partial charge in [-0.15, -0.1) is 0 Å². The predicted molar refractivity (Wildman–Crippen MR) is 88.1 cm³/mol. The molecule has 2 N–H and O–H groups in total. The number of nitrogens with one attached hydrogen (secondary N) is 2. The highest BCUT2D eigenvalue weighted by Gasteiger charge is 2.04. The number of rotatable bonds is 7. The largest absolute Gasteiger partial charge is 0.457 e. The number of hydrogen-bond donors (Lipinski definition) is 2. The maximum atomic E-state index is 12.8. The zero-order valence-corrected chi connectivity index (χ0v) is 13.3. The molecule has 0 spiro atoms. The number of ether oxygens (including phenoxy) is 1. The smallest absolute Gasteiger partial charge is 0.239 e. The Morgan fingerprint density at radius 1 is 0.917 bits per heavy atom. The van der Waals surface area contributed by atoms with Crippen molar-refractivity contribution in [2.45, 2.75) is 19.9 Å². The number of halogens is 1. The Labute approximate surface area is 139 Å². The molecular weight excluding hydrogens is 311 g/mol. The van der Waals surface area contributed by atoms with Crippen LogP contribution in [0.2, 0.25) is 0 Å².